The van der Waals surface area contributed by atoms with E-state index in [1.54, 1.807) is 42.7 Å². The van der Waals surface area contributed by atoms with Crippen LogP contribution in [0.5, 0.6) is 0 Å². The molecule has 316 valence electrons. The molecular weight excluding hydrogens is 769 g/mol. The van der Waals surface area contributed by atoms with E-state index in [4.69, 9.17) is 10.5 Å². The summed E-state index contributed by atoms with van der Waals surface area (Å²) in [5.41, 5.74) is 12.3. The summed E-state index contributed by atoms with van der Waals surface area (Å²) >= 11 is 0. The molecule has 4 atom stereocenters. The van der Waals surface area contributed by atoms with Crippen molar-refractivity contribution in [3.8, 4) is 22.6 Å². The van der Waals surface area contributed by atoms with Crippen molar-refractivity contribution in [3.05, 3.63) is 145 Å². The number of nitrogens with one attached hydrogen (secondary N) is 3. The first kappa shape index (κ1) is 42.3. The molecule has 0 unspecified atom stereocenters. The summed E-state index contributed by atoms with van der Waals surface area (Å²) in [4.78, 5) is 63.2. The molecule has 2 aliphatic heterocycles. The molecule has 0 saturated carbocycles. The van der Waals surface area contributed by atoms with E-state index in [0.717, 1.165) is 61.2 Å². The molecule has 14 nitrogen and oxygen atoms in total. The minimum atomic E-state index is -0.935. The summed E-state index contributed by atoms with van der Waals surface area (Å²) < 4.78 is 4.78. The van der Waals surface area contributed by atoms with Crippen LogP contribution in [0, 0.1) is 0 Å². The van der Waals surface area contributed by atoms with Gasteiger partial charge in [-0.05, 0) is 62.4 Å². The predicted molar refractivity (Wildman–Crippen MR) is 235 cm³/mol. The first-order valence-corrected chi connectivity index (χ1v) is 20.8. The summed E-state index contributed by atoms with van der Waals surface area (Å²) in [6, 6.07) is 25.0. The van der Waals surface area contributed by atoms with Crippen LogP contribution in [-0.2, 0) is 14.3 Å². The van der Waals surface area contributed by atoms with Gasteiger partial charge in [0.15, 0.2) is 5.82 Å². The molecule has 2 aromatic heterocycles. The van der Waals surface area contributed by atoms with Crippen LogP contribution in [0.25, 0.3) is 28.3 Å². The number of likely N-dealkylation sites (tertiary alicyclic amines) is 2. The fraction of sp³-hybridized carbons (Fsp3) is 0.319. The number of piperidine rings is 1. The fourth-order valence-corrected chi connectivity index (χ4v) is 8.14. The molecule has 0 spiro atoms. The van der Waals surface area contributed by atoms with E-state index in [-0.39, 0.29) is 23.9 Å². The van der Waals surface area contributed by atoms with Gasteiger partial charge in [0, 0.05) is 49.0 Å². The smallest absolute Gasteiger partial charge is 0.407 e. The minimum Gasteiger partial charge on any atom is -0.453 e. The highest BCUT2D eigenvalue weighted by atomic mass is 16.5. The van der Waals surface area contributed by atoms with Crippen molar-refractivity contribution >= 4 is 23.6 Å². The Balaban J connectivity index is 0.984. The number of likely N-dealkylation sites (N-methyl/N-ethyl adjacent to an activating group) is 1. The van der Waals surface area contributed by atoms with Gasteiger partial charge in [-0.15, -0.1) is 0 Å². The molecule has 2 aliphatic rings. The zero-order chi connectivity index (χ0) is 42.9. The van der Waals surface area contributed by atoms with Crippen molar-refractivity contribution in [1.82, 2.24) is 45.3 Å². The maximum absolute atomic E-state index is 14.4. The Hall–Kier alpha value is -6.80. The third-order valence-corrected chi connectivity index (χ3v) is 11.7. The van der Waals surface area contributed by atoms with Gasteiger partial charge in [-0.1, -0.05) is 97.9 Å². The number of benzene rings is 3. The summed E-state index contributed by atoms with van der Waals surface area (Å²) in [7, 11) is 2.93. The van der Waals surface area contributed by atoms with Crippen molar-refractivity contribution < 1.29 is 19.1 Å². The van der Waals surface area contributed by atoms with E-state index in [2.05, 4.69) is 54.2 Å². The molecule has 7 rings (SSSR count). The Morgan fingerprint density at radius 1 is 0.869 bits per heavy atom. The molecule has 5 N–H and O–H groups in total. The molecule has 3 aromatic carbocycles. The van der Waals surface area contributed by atoms with E-state index in [0.29, 0.717) is 40.7 Å². The highest BCUT2D eigenvalue weighted by Crippen LogP contribution is 2.32. The van der Waals surface area contributed by atoms with Gasteiger partial charge < -0.3 is 35.9 Å². The zero-order valence-corrected chi connectivity index (χ0v) is 35.0. The molecule has 3 amide bonds. The van der Waals surface area contributed by atoms with Gasteiger partial charge in [0.05, 0.1) is 36.8 Å². The standard InChI is InChI=1S/C47H54N10O4/c1-31(40-19-14-26-57(40)46(59)42(35-17-10-6-11-18-35)56-24-12-7-13-25-56)52-38(27-48)37-28-49-44(50-29-37)36-22-20-33(21-23-36)39-30-51-43(53-39)32(2)55(3)45(58)41(54-47(60)61-4)34-15-8-5-9-16-34/h5-6,8-11,15-18,20-23,27-30,32,40-42,52H,1,7,12-14,19,24-26,48H2,2-4H3,(H,51,53)(H,54,60)/b38-27-/t32-,40-,41+,42+/m0/s1. The average Bonchev–Trinajstić information content (AvgIpc) is 4.02. The Morgan fingerprint density at radius 2 is 1.51 bits per heavy atom. The second-order valence-corrected chi connectivity index (χ2v) is 15.5. The molecule has 61 heavy (non-hydrogen) atoms. The van der Waals surface area contributed by atoms with Crippen LogP contribution in [0.1, 0.15) is 79.7 Å². The highest BCUT2D eigenvalue weighted by Gasteiger charge is 2.38. The lowest BCUT2D eigenvalue weighted by molar-refractivity contribution is -0.138. The normalized spacial score (nSPS) is 17.2. The topological polar surface area (TPSA) is 175 Å². The number of alkyl carbamates (subject to hydrolysis) is 1. The summed E-state index contributed by atoms with van der Waals surface area (Å²) in [5.74, 6) is 0.913. The second-order valence-electron chi connectivity index (χ2n) is 15.5. The number of methoxy groups -OCH3 is 1. The van der Waals surface area contributed by atoms with Gasteiger partial charge in [-0.2, -0.15) is 0 Å². The Kier molecular flexibility index (Phi) is 13.5. The molecule has 0 aliphatic carbocycles. The number of nitrogens with two attached hydrogens (primary N) is 1. The highest BCUT2D eigenvalue weighted by molar-refractivity contribution is 5.87. The number of nitrogens with zero attached hydrogens (tertiary/aromatic N) is 6. The molecular formula is C47H54N10O4. The van der Waals surface area contributed by atoms with Gasteiger partial charge in [0.25, 0.3) is 0 Å². The number of rotatable bonds is 14. The number of hydrogen-bond donors (Lipinski definition) is 4. The van der Waals surface area contributed by atoms with Crippen LogP contribution >= 0.6 is 0 Å². The number of aromatic nitrogens is 4. The Labute approximate surface area is 356 Å². The van der Waals surface area contributed by atoms with Gasteiger partial charge in [-0.3, -0.25) is 14.5 Å². The number of aromatic amines is 1. The van der Waals surface area contributed by atoms with Crippen LogP contribution in [-0.4, -0.2) is 92.4 Å². The minimum absolute atomic E-state index is 0.112. The van der Waals surface area contributed by atoms with Crippen LogP contribution in [0.15, 0.2) is 122 Å². The van der Waals surface area contributed by atoms with Crippen molar-refractivity contribution in [1.29, 1.82) is 0 Å². The molecule has 2 fully saturated rings. The van der Waals surface area contributed by atoms with Crippen molar-refractivity contribution in [2.75, 3.05) is 33.8 Å². The molecule has 14 heteroatoms. The van der Waals surface area contributed by atoms with E-state index >= 15 is 0 Å². The third-order valence-electron chi connectivity index (χ3n) is 11.7. The lowest BCUT2D eigenvalue weighted by Crippen LogP contribution is -2.47. The molecule has 0 bridgehead atoms. The molecule has 0 radical (unpaired) electrons. The lowest BCUT2D eigenvalue weighted by atomic mass is 9.99. The van der Waals surface area contributed by atoms with Crippen molar-refractivity contribution in [2.24, 2.45) is 5.73 Å². The lowest BCUT2D eigenvalue weighted by Gasteiger charge is -2.38. The first-order chi connectivity index (χ1) is 29.7. The van der Waals surface area contributed by atoms with Crippen molar-refractivity contribution in [2.45, 2.75) is 63.2 Å². The predicted octanol–water partition coefficient (Wildman–Crippen LogP) is 6.73. The number of ether oxygens (including phenoxy) is 1. The third kappa shape index (κ3) is 9.65. The number of H-pyrrole nitrogens is 1. The zero-order valence-electron chi connectivity index (χ0n) is 35.0. The number of hydrogen-bond acceptors (Lipinski definition) is 10. The largest absolute Gasteiger partial charge is 0.453 e. The number of amides is 3. The Bertz CT molecular complexity index is 2310. The number of carbonyl (C=O) groups is 3. The SMILES string of the molecule is C=C(N/C(=C\N)c1cnc(-c2ccc(-c3cnc([C@H](C)N(C)C(=O)[C@H](NC(=O)OC)c4ccccc4)[nH]3)cc2)nc1)[C@@H]1CCCN1C(=O)[C@@H](c1ccccc1)N1CCCCC1. The van der Waals surface area contributed by atoms with Crippen LogP contribution < -0.4 is 16.4 Å². The molecule has 4 heterocycles. The molecule has 5 aromatic rings. The first-order valence-electron chi connectivity index (χ1n) is 20.8. The summed E-state index contributed by atoms with van der Waals surface area (Å²) in [6.45, 7) is 8.74. The van der Waals surface area contributed by atoms with Gasteiger partial charge in [0.1, 0.15) is 17.9 Å². The summed E-state index contributed by atoms with van der Waals surface area (Å²) in [5, 5.41) is 6.05. The monoisotopic (exact) mass is 822 g/mol. The van der Waals surface area contributed by atoms with E-state index in [1.807, 2.05) is 72.5 Å². The maximum atomic E-state index is 14.4. The quantitative estimate of drug-likeness (QED) is 0.0941. The van der Waals surface area contributed by atoms with Crippen LogP contribution in [0.3, 0.4) is 0 Å². The van der Waals surface area contributed by atoms with Gasteiger partial charge in [-0.25, -0.2) is 19.7 Å². The van der Waals surface area contributed by atoms with E-state index in [9.17, 15) is 14.4 Å². The molecule has 2 saturated heterocycles. The average molecular weight is 823 g/mol. The van der Waals surface area contributed by atoms with Crippen LogP contribution in [0.4, 0.5) is 4.79 Å². The number of imidazole rings is 1. The van der Waals surface area contributed by atoms with Gasteiger partial charge >= 0.3 is 6.09 Å². The van der Waals surface area contributed by atoms with Crippen LogP contribution in [0.2, 0.25) is 0 Å². The maximum Gasteiger partial charge on any atom is 0.407 e. The van der Waals surface area contributed by atoms with E-state index in [1.165, 1.54) is 19.7 Å². The Morgan fingerprint density at radius 3 is 2.15 bits per heavy atom. The second kappa shape index (κ2) is 19.5. The van der Waals surface area contributed by atoms with Crippen molar-refractivity contribution in [3.63, 3.8) is 0 Å². The van der Waals surface area contributed by atoms with E-state index < -0.39 is 18.2 Å². The van der Waals surface area contributed by atoms with Gasteiger partial charge in [0.2, 0.25) is 11.8 Å². The summed E-state index contributed by atoms with van der Waals surface area (Å²) in [6.07, 6.45) is 11.0. The number of carbonyl (C=O) groups excluding carboxylic acids is 3. The fourth-order valence-electron chi connectivity index (χ4n) is 8.14.